The third-order valence-corrected chi connectivity index (χ3v) is 3.68. The zero-order chi connectivity index (χ0) is 14.9. The average Bonchev–Trinajstić information content (AvgIpc) is 2.62. The number of rotatable bonds is 4. The third kappa shape index (κ3) is 2.52. The van der Waals surface area contributed by atoms with Crippen molar-refractivity contribution in [2.24, 2.45) is 0 Å². The van der Waals surface area contributed by atoms with Gasteiger partial charge >= 0.3 is 0 Å². The number of carbonyl (C=O) groups is 1. The molecule has 0 saturated carbocycles. The normalized spacial score (nSPS) is 10.6. The topological polar surface area (TPSA) is 74.5 Å². The molecule has 0 unspecified atom stereocenters. The summed E-state index contributed by atoms with van der Waals surface area (Å²) in [6.45, 7) is -0.0574. The zero-order valence-corrected chi connectivity index (χ0v) is 12.2. The first-order valence-electron chi connectivity index (χ1n) is 5.42. The van der Waals surface area contributed by atoms with Gasteiger partial charge in [0, 0.05) is 0 Å². The van der Waals surface area contributed by atoms with Crippen LogP contribution >= 0.6 is 34.8 Å². The van der Waals surface area contributed by atoms with Crippen molar-refractivity contribution in [2.45, 2.75) is 0 Å². The first kappa shape index (κ1) is 14.8. The van der Waals surface area contributed by atoms with Crippen molar-refractivity contribution in [1.29, 1.82) is 0 Å². The first-order chi connectivity index (χ1) is 9.47. The second-order valence-corrected chi connectivity index (χ2v) is 5.01. The van der Waals surface area contributed by atoms with E-state index in [4.69, 9.17) is 34.8 Å². The Morgan fingerprint density at radius 2 is 1.85 bits per heavy atom. The summed E-state index contributed by atoms with van der Waals surface area (Å²) in [6.07, 6.45) is 0.601. The molecular formula is C12H9Cl3N2O3. The predicted molar refractivity (Wildman–Crippen MR) is 78.7 cm³/mol. The van der Waals surface area contributed by atoms with E-state index in [1.54, 1.807) is 6.07 Å². The molecule has 1 aromatic heterocycles. The summed E-state index contributed by atoms with van der Waals surface area (Å²) in [5.74, 6) is -0.719. The Hall–Kier alpha value is -1.56. The molecule has 0 amide bonds. The fourth-order valence-electron chi connectivity index (χ4n) is 1.69. The number of aromatic hydroxyl groups is 2. The summed E-state index contributed by atoms with van der Waals surface area (Å²) in [5, 5.41) is 23.2. The van der Waals surface area contributed by atoms with E-state index in [1.807, 2.05) is 0 Å². The van der Waals surface area contributed by atoms with Crippen molar-refractivity contribution < 1.29 is 15.0 Å². The van der Waals surface area contributed by atoms with Crippen LogP contribution in [0.3, 0.4) is 0 Å². The van der Waals surface area contributed by atoms with Crippen LogP contribution in [0.15, 0.2) is 18.2 Å². The Balaban J connectivity index is 2.56. The van der Waals surface area contributed by atoms with Crippen LogP contribution in [0.2, 0.25) is 15.1 Å². The lowest BCUT2D eigenvalue weighted by Crippen LogP contribution is -2.02. The molecule has 0 saturated heterocycles. The van der Waals surface area contributed by atoms with Gasteiger partial charge in [0.15, 0.2) is 0 Å². The highest BCUT2D eigenvalue weighted by Gasteiger charge is 2.22. The second-order valence-electron chi connectivity index (χ2n) is 3.82. The van der Waals surface area contributed by atoms with E-state index in [-0.39, 0.29) is 34.0 Å². The lowest BCUT2D eigenvalue weighted by molar-refractivity contribution is -0.106. The number of benzene rings is 1. The summed E-state index contributed by atoms with van der Waals surface area (Å²) < 4.78 is 1.08. The van der Waals surface area contributed by atoms with Gasteiger partial charge in [0.25, 0.3) is 0 Å². The Kier molecular flexibility index (Phi) is 4.32. The van der Waals surface area contributed by atoms with Gasteiger partial charge in [0.2, 0.25) is 11.8 Å². The molecule has 0 aliphatic rings. The summed E-state index contributed by atoms with van der Waals surface area (Å²) in [7, 11) is 0. The monoisotopic (exact) mass is 334 g/mol. The van der Waals surface area contributed by atoms with E-state index >= 15 is 0 Å². The smallest absolute Gasteiger partial charge is 0.224 e. The minimum Gasteiger partial charge on any atom is -0.493 e. The van der Waals surface area contributed by atoms with Crippen molar-refractivity contribution in [1.82, 2.24) is 4.57 Å². The lowest BCUT2D eigenvalue weighted by Gasteiger charge is -2.08. The van der Waals surface area contributed by atoms with Crippen LogP contribution in [0.1, 0.15) is 0 Å². The van der Waals surface area contributed by atoms with Crippen molar-refractivity contribution in [3.05, 3.63) is 33.3 Å². The fraction of sp³-hybridized carbons (Fsp3) is 0.0833. The molecule has 0 atom stereocenters. The molecule has 1 aromatic carbocycles. The number of hydrogen-bond donors (Lipinski definition) is 3. The SMILES string of the molecule is O=CCNc1c(Cl)c(O)n(-c2ccc(Cl)c(Cl)c2)c1O. The van der Waals surface area contributed by atoms with E-state index in [2.05, 4.69) is 5.32 Å². The molecule has 0 aliphatic heterocycles. The number of aromatic nitrogens is 1. The Morgan fingerprint density at radius 3 is 2.45 bits per heavy atom. The maximum absolute atomic E-state index is 10.4. The van der Waals surface area contributed by atoms with E-state index in [0.29, 0.717) is 17.0 Å². The van der Waals surface area contributed by atoms with Gasteiger partial charge in [-0.05, 0) is 18.2 Å². The molecule has 5 nitrogen and oxygen atoms in total. The van der Waals surface area contributed by atoms with Crippen LogP contribution in [0.5, 0.6) is 11.8 Å². The molecule has 8 heteroatoms. The van der Waals surface area contributed by atoms with Crippen LogP contribution in [-0.4, -0.2) is 27.6 Å². The van der Waals surface area contributed by atoms with Gasteiger partial charge < -0.3 is 20.3 Å². The zero-order valence-electron chi connectivity index (χ0n) is 9.90. The summed E-state index contributed by atoms with van der Waals surface area (Å²) in [5.41, 5.74) is 0.429. The number of halogens is 3. The van der Waals surface area contributed by atoms with Crippen LogP contribution in [-0.2, 0) is 4.79 Å². The molecule has 1 heterocycles. The van der Waals surface area contributed by atoms with Crippen molar-refractivity contribution in [3.63, 3.8) is 0 Å². The molecule has 2 aromatic rings. The van der Waals surface area contributed by atoms with Crippen LogP contribution < -0.4 is 5.32 Å². The molecule has 0 spiro atoms. The standard InChI is InChI=1S/C12H9Cl3N2O3/c13-7-2-1-6(5-8(7)14)17-11(19)9(15)10(12(17)20)16-3-4-18/h1-2,4-5,16,19-20H,3H2. The molecule has 20 heavy (non-hydrogen) atoms. The molecule has 106 valence electrons. The van der Waals surface area contributed by atoms with Crippen molar-refractivity contribution in [3.8, 4) is 17.4 Å². The highest BCUT2D eigenvalue weighted by atomic mass is 35.5. The number of nitrogens with zero attached hydrogens (tertiary/aromatic N) is 1. The maximum atomic E-state index is 10.4. The molecule has 3 N–H and O–H groups in total. The maximum Gasteiger partial charge on any atom is 0.224 e. The number of aldehydes is 1. The molecule has 0 radical (unpaired) electrons. The molecule has 0 bridgehead atoms. The minimum absolute atomic E-state index is 0.0574. The van der Waals surface area contributed by atoms with Crippen LogP contribution in [0.25, 0.3) is 5.69 Å². The van der Waals surface area contributed by atoms with Gasteiger partial charge in [0.1, 0.15) is 17.0 Å². The Morgan fingerprint density at radius 1 is 1.15 bits per heavy atom. The predicted octanol–water partition coefficient (Wildman–Crippen LogP) is 3.46. The van der Waals surface area contributed by atoms with Gasteiger partial charge in [-0.2, -0.15) is 0 Å². The van der Waals surface area contributed by atoms with Crippen molar-refractivity contribution in [2.75, 3.05) is 11.9 Å². The van der Waals surface area contributed by atoms with Gasteiger partial charge in [-0.3, -0.25) is 0 Å². The highest BCUT2D eigenvalue weighted by Crippen LogP contribution is 2.44. The van der Waals surface area contributed by atoms with Crippen molar-refractivity contribution >= 4 is 46.8 Å². The minimum atomic E-state index is -0.379. The summed E-state index contributed by atoms with van der Waals surface area (Å²) in [4.78, 5) is 10.4. The second kappa shape index (κ2) is 5.83. The first-order valence-corrected chi connectivity index (χ1v) is 6.55. The fourth-order valence-corrected chi connectivity index (χ4v) is 2.22. The molecule has 0 aliphatic carbocycles. The number of hydrogen-bond acceptors (Lipinski definition) is 4. The quantitative estimate of drug-likeness (QED) is 0.748. The number of nitrogens with one attached hydrogen (secondary N) is 1. The van der Waals surface area contributed by atoms with Crippen LogP contribution in [0, 0.1) is 0 Å². The number of anilines is 1. The summed E-state index contributed by atoms with van der Waals surface area (Å²) >= 11 is 17.6. The van der Waals surface area contributed by atoms with E-state index in [0.717, 1.165) is 4.57 Å². The molecular weight excluding hydrogens is 327 g/mol. The van der Waals surface area contributed by atoms with E-state index in [9.17, 15) is 15.0 Å². The summed E-state index contributed by atoms with van der Waals surface area (Å²) in [6, 6.07) is 4.53. The van der Waals surface area contributed by atoms with Crippen LogP contribution in [0.4, 0.5) is 5.69 Å². The van der Waals surface area contributed by atoms with E-state index < -0.39 is 0 Å². The van der Waals surface area contributed by atoms with E-state index in [1.165, 1.54) is 12.1 Å². The number of carbonyl (C=O) groups excluding carboxylic acids is 1. The Bertz CT molecular complexity index is 670. The average molecular weight is 336 g/mol. The van der Waals surface area contributed by atoms with Gasteiger partial charge in [-0.15, -0.1) is 0 Å². The van der Waals surface area contributed by atoms with Gasteiger partial charge in [-0.1, -0.05) is 34.8 Å². The Labute approximate surface area is 129 Å². The van der Waals surface area contributed by atoms with Gasteiger partial charge in [-0.25, -0.2) is 4.57 Å². The lowest BCUT2D eigenvalue weighted by atomic mass is 10.3. The highest BCUT2D eigenvalue weighted by molar-refractivity contribution is 6.42. The molecule has 2 rings (SSSR count). The largest absolute Gasteiger partial charge is 0.493 e. The van der Waals surface area contributed by atoms with Gasteiger partial charge in [0.05, 0.1) is 22.3 Å². The molecule has 0 fully saturated rings. The third-order valence-electron chi connectivity index (χ3n) is 2.59.